The van der Waals surface area contributed by atoms with Crippen molar-refractivity contribution in [2.45, 2.75) is 0 Å². The number of benzene rings is 11. The van der Waals surface area contributed by atoms with Gasteiger partial charge in [0.1, 0.15) is 5.58 Å². The maximum atomic E-state index is 7.39. The van der Waals surface area contributed by atoms with Crippen LogP contribution in [0.1, 0.15) is 0 Å². The minimum absolute atomic E-state index is 0.843. The summed E-state index contributed by atoms with van der Waals surface area (Å²) in [5.41, 5.74) is 14.3. The van der Waals surface area contributed by atoms with Gasteiger partial charge >= 0.3 is 0 Å². The van der Waals surface area contributed by atoms with Gasteiger partial charge in [-0.25, -0.2) is 0 Å². The number of anilines is 3. The van der Waals surface area contributed by atoms with Gasteiger partial charge in [-0.15, -0.1) is 11.3 Å². The van der Waals surface area contributed by atoms with Crippen LogP contribution in [-0.2, 0) is 0 Å². The van der Waals surface area contributed by atoms with Crippen molar-refractivity contribution in [3.63, 3.8) is 0 Å². The Morgan fingerprint density at radius 1 is 0.308 bits per heavy atom. The maximum Gasteiger partial charge on any atom is 0.159 e. The second kappa shape index (κ2) is 15.2. The summed E-state index contributed by atoms with van der Waals surface area (Å²) in [4.78, 5) is 2.44. The Bertz CT molecular complexity index is 3920. The molecule has 304 valence electrons. The SMILES string of the molecule is c1ccc(-c2ccc(-c3cc(N(c4ccc(-c5ccccc5)cc4)c4cccc5c4sc4ccccc45)c4oc5c6ccccc6c(-c6cccc7ccccc67)cc5c4c3)cc2)cc1. The number of hydrogen-bond acceptors (Lipinski definition) is 3. The first-order valence-electron chi connectivity index (χ1n) is 22.2. The van der Waals surface area contributed by atoms with Crippen LogP contribution in [0, 0.1) is 0 Å². The van der Waals surface area contributed by atoms with E-state index in [4.69, 9.17) is 4.42 Å². The number of fused-ring (bicyclic) bond motifs is 9. The number of furan rings is 1. The van der Waals surface area contributed by atoms with E-state index in [2.05, 4.69) is 241 Å². The number of rotatable bonds is 7. The molecule has 0 aliphatic carbocycles. The van der Waals surface area contributed by atoms with Crippen molar-refractivity contribution >= 4 is 92.1 Å². The number of thiophene rings is 1. The normalized spacial score (nSPS) is 11.7. The van der Waals surface area contributed by atoms with Crippen LogP contribution in [0.4, 0.5) is 17.1 Å². The molecule has 13 aromatic rings. The van der Waals surface area contributed by atoms with Crippen LogP contribution in [0.3, 0.4) is 0 Å². The molecule has 11 aromatic carbocycles. The summed E-state index contributed by atoms with van der Waals surface area (Å²) < 4.78 is 9.89. The maximum absolute atomic E-state index is 7.39. The molecule has 0 fully saturated rings. The van der Waals surface area contributed by atoms with Crippen molar-refractivity contribution in [1.82, 2.24) is 0 Å². The second-order valence-corrected chi connectivity index (χ2v) is 17.8. The molecule has 0 atom stereocenters. The second-order valence-electron chi connectivity index (χ2n) is 16.8. The van der Waals surface area contributed by atoms with E-state index in [0.717, 1.165) is 60.9 Å². The van der Waals surface area contributed by atoms with Gasteiger partial charge in [0.2, 0.25) is 0 Å². The monoisotopic (exact) mass is 845 g/mol. The quantitative estimate of drug-likeness (QED) is 0.159. The Hall–Kier alpha value is -8.24. The molecule has 0 saturated carbocycles. The summed E-state index contributed by atoms with van der Waals surface area (Å²) >= 11 is 1.85. The van der Waals surface area contributed by atoms with Gasteiger partial charge in [-0.05, 0) is 103 Å². The molecule has 0 radical (unpaired) electrons. The van der Waals surface area contributed by atoms with Crippen molar-refractivity contribution in [3.8, 4) is 44.5 Å². The van der Waals surface area contributed by atoms with Gasteiger partial charge in [0.25, 0.3) is 0 Å². The Kier molecular flexibility index (Phi) is 8.75. The van der Waals surface area contributed by atoms with E-state index < -0.39 is 0 Å². The minimum Gasteiger partial charge on any atom is -0.453 e. The Morgan fingerprint density at radius 2 is 0.846 bits per heavy atom. The van der Waals surface area contributed by atoms with Gasteiger partial charge in [0, 0.05) is 37.3 Å². The van der Waals surface area contributed by atoms with Gasteiger partial charge in [-0.3, -0.25) is 0 Å². The lowest BCUT2D eigenvalue weighted by Crippen LogP contribution is -2.10. The lowest BCUT2D eigenvalue weighted by molar-refractivity contribution is 0.673. The highest BCUT2D eigenvalue weighted by Crippen LogP contribution is 2.51. The molecule has 2 nitrogen and oxygen atoms in total. The minimum atomic E-state index is 0.843. The van der Waals surface area contributed by atoms with Crippen LogP contribution in [0.25, 0.3) is 108 Å². The van der Waals surface area contributed by atoms with Gasteiger partial charge in [0.05, 0.1) is 16.1 Å². The molecule has 0 saturated heterocycles. The Morgan fingerprint density at radius 3 is 1.58 bits per heavy atom. The Balaban J connectivity index is 1.12. The van der Waals surface area contributed by atoms with E-state index in [1.165, 1.54) is 64.3 Å². The lowest BCUT2D eigenvalue weighted by Gasteiger charge is -2.27. The zero-order valence-electron chi connectivity index (χ0n) is 35.3. The Labute approximate surface area is 380 Å². The number of hydrogen-bond donors (Lipinski definition) is 0. The fourth-order valence-electron chi connectivity index (χ4n) is 9.93. The van der Waals surface area contributed by atoms with Crippen molar-refractivity contribution in [1.29, 1.82) is 0 Å². The first-order chi connectivity index (χ1) is 32.2. The molecule has 65 heavy (non-hydrogen) atoms. The highest BCUT2D eigenvalue weighted by molar-refractivity contribution is 7.26. The van der Waals surface area contributed by atoms with Gasteiger partial charge in [0.15, 0.2) is 5.58 Å². The third-order valence-corrected chi connectivity index (χ3v) is 14.3. The van der Waals surface area contributed by atoms with Gasteiger partial charge < -0.3 is 9.32 Å². The van der Waals surface area contributed by atoms with E-state index >= 15 is 0 Å². The average Bonchev–Trinajstić information content (AvgIpc) is 3.96. The van der Waals surface area contributed by atoms with Crippen LogP contribution < -0.4 is 4.90 Å². The molecule has 0 aliphatic heterocycles. The molecule has 0 bridgehead atoms. The van der Waals surface area contributed by atoms with Crippen LogP contribution in [-0.4, -0.2) is 0 Å². The smallest absolute Gasteiger partial charge is 0.159 e. The molecule has 0 amide bonds. The molecule has 0 aliphatic rings. The summed E-state index contributed by atoms with van der Waals surface area (Å²) in [6, 6.07) is 85.9. The summed E-state index contributed by atoms with van der Waals surface area (Å²) in [6.45, 7) is 0. The van der Waals surface area contributed by atoms with E-state index in [9.17, 15) is 0 Å². The van der Waals surface area contributed by atoms with Crippen LogP contribution in [0.5, 0.6) is 0 Å². The van der Waals surface area contributed by atoms with Crippen molar-refractivity contribution in [2.75, 3.05) is 4.90 Å². The van der Waals surface area contributed by atoms with Crippen LogP contribution in [0.2, 0.25) is 0 Å². The summed E-state index contributed by atoms with van der Waals surface area (Å²) in [5, 5.41) is 9.38. The molecule has 13 rings (SSSR count). The van der Waals surface area contributed by atoms with E-state index in [1.54, 1.807) is 0 Å². The number of nitrogens with zero attached hydrogens (tertiary/aromatic N) is 1. The predicted octanol–water partition coefficient (Wildman–Crippen LogP) is 18.4. The van der Waals surface area contributed by atoms with Crippen molar-refractivity contribution < 1.29 is 4.42 Å². The average molecular weight is 846 g/mol. The molecule has 2 heterocycles. The van der Waals surface area contributed by atoms with Crippen molar-refractivity contribution in [3.05, 3.63) is 237 Å². The fourth-order valence-corrected chi connectivity index (χ4v) is 11.1. The third kappa shape index (κ3) is 6.24. The zero-order valence-corrected chi connectivity index (χ0v) is 36.1. The molecular formula is C62H39NOS. The highest BCUT2D eigenvalue weighted by atomic mass is 32.1. The van der Waals surface area contributed by atoms with Gasteiger partial charge in [-0.2, -0.15) is 0 Å². The topological polar surface area (TPSA) is 16.4 Å². The molecule has 0 unspecified atom stereocenters. The molecule has 3 heteroatoms. The summed E-state index contributed by atoms with van der Waals surface area (Å²) in [7, 11) is 0. The summed E-state index contributed by atoms with van der Waals surface area (Å²) in [6.07, 6.45) is 0. The van der Waals surface area contributed by atoms with Crippen LogP contribution in [0.15, 0.2) is 241 Å². The fraction of sp³-hybridized carbons (Fsp3) is 0. The molecule has 2 aromatic heterocycles. The van der Waals surface area contributed by atoms with E-state index in [1.807, 2.05) is 11.3 Å². The lowest BCUT2D eigenvalue weighted by atomic mass is 9.91. The third-order valence-electron chi connectivity index (χ3n) is 13.1. The van der Waals surface area contributed by atoms with E-state index in [0.29, 0.717) is 0 Å². The van der Waals surface area contributed by atoms with Gasteiger partial charge in [-0.1, -0.05) is 194 Å². The predicted molar refractivity (Wildman–Crippen MR) is 278 cm³/mol. The largest absolute Gasteiger partial charge is 0.453 e. The molecular weight excluding hydrogens is 807 g/mol. The first kappa shape index (κ1) is 37.3. The molecule has 0 spiro atoms. The van der Waals surface area contributed by atoms with Crippen molar-refractivity contribution in [2.24, 2.45) is 0 Å². The van der Waals surface area contributed by atoms with Crippen LogP contribution >= 0.6 is 11.3 Å². The standard InChI is InChI=1S/C62H39NOS/c1-3-15-40(16-4-1)42-29-31-44(32-30-42)46-37-55-56-39-54(49-25-13-20-45-19-7-8-21-48(45)49)50-22-9-10-24-52(50)60(56)64-61(55)58(38-46)63(47-35-33-43(34-36-47)41-17-5-2-6-18-41)57-27-14-26-53-51-23-11-12-28-59(51)65-62(53)57/h1-39H. The zero-order chi connectivity index (χ0) is 42.8. The molecule has 0 N–H and O–H groups in total. The summed E-state index contributed by atoms with van der Waals surface area (Å²) in [5.74, 6) is 0. The van der Waals surface area contributed by atoms with E-state index in [-0.39, 0.29) is 0 Å². The first-order valence-corrected chi connectivity index (χ1v) is 23.0. The highest BCUT2D eigenvalue weighted by Gasteiger charge is 2.25.